The van der Waals surface area contributed by atoms with Crippen LogP contribution in [0, 0.1) is 0 Å². The highest BCUT2D eigenvalue weighted by atomic mass is 16.2. The van der Waals surface area contributed by atoms with Gasteiger partial charge in [0.25, 0.3) is 0 Å². The van der Waals surface area contributed by atoms with Crippen molar-refractivity contribution < 1.29 is 5.11 Å². The average molecular weight is 186 g/mol. The van der Waals surface area contributed by atoms with Crippen LogP contribution in [0.4, 0.5) is 0 Å². The molecule has 3 rings (SSSR count). The molecule has 2 aromatic carbocycles. The van der Waals surface area contributed by atoms with E-state index in [1.54, 1.807) is 0 Å². The van der Waals surface area contributed by atoms with Crippen molar-refractivity contribution in [3.63, 3.8) is 0 Å². The molecule has 0 amide bonds. The fraction of sp³-hybridized carbons (Fsp3) is 0.231. The first-order valence-electron chi connectivity index (χ1n) is 4.89. The van der Waals surface area contributed by atoms with Crippen molar-refractivity contribution in [2.45, 2.75) is 12.8 Å². The van der Waals surface area contributed by atoms with Gasteiger partial charge in [0.05, 0.1) is 0 Å². The van der Waals surface area contributed by atoms with E-state index >= 15 is 0 Å². The van der Waals surface area contributed by atoms with Crippen molar-refractivity contribution in [3.8, 4) is 0 Å². The summed E-state index contributed by atoms with van der Waals surface area (Å²) in [4.78, 5) is 0. The van der Waals surface area contributed by atoms with Crippen LogP contribution in [0.3, 0.4) is 0 Å². The zero-order valence-corrected chi connectivity index (χ0v) is 8.33. The van der Waals surface area contributed by atoms with E-state index in [1.807, 2.05) is 0 Å². The molecule has 0 aliphatic heterocycles. The van der Waals surface area contributed by atoms with E-state index in [4.69, 9.17) is 5.11 Å². The Morgan fingerprint density at radius 1 is 0.857 bits per heavy atom. The maximum absolute atomic E-state index is 7.00. The first-order chi connectivity index (χ1) is 6.95. The number of hydrogen-bond acceptors (Lipinski definition) is 1. The molecule has 72 valence electrons. The first-order valence-corrected chi connectivity index (χ1v) is 4.89. The maximum Gasteiger partial charge on any atom is 0.0319 e. The second-order valence-corrected chi connectivity index (χ2v) is 3.43. The van der Waals surface area contributed by atoms with Gasteiger partial charge in [-0.2, -0.15) is 0 Å². The van der Waals surface area contributed by atoms with Gasteiger partial charge < -0.3 is 5.11 Å². The lowest BCUT2D eigenvalue weighted by molar-refractivity contribution is 0.399. The summed E-state index contributed by atoms with van der Waals surface area (Å²) < 4.78 is 0. The van der Waals surface area contributed by atoms with E-state index in [0.717, 1.165) is 7.11 Å². The predicted octanol–water partition coefficient (Wildman–Crippen LogP) is 2.55. The standard InChI is InChI=1S/C12H10.CH4O/c1-3-9-4-2-6-11-8-7-10(5-1)12(9)11;1-2/h1-6H,7-8H2;2H,1H3. The molecule has 0 saturated carbocycles. The summed E-state index contributed by atoms with van der Waals surface area (Å²) in [6, 6.07) is 13.2. The fourth-order valence-corrected chi connectivity index (χ4v) is 2.19. The van der Waals surface area contributed by atoms with Crippen LogP contribution in [0.25, 0.3) is 10.8 Å². The average Bonchev–Trinajstić information content (AvgIpc) is 2.68. The Bertz CT molecular complexity index is 407. The Kier molecular flexibility index (Phi) is 2.51. The molecular formula is C13H14O. The summed E-state index contributed by atoms with van der Waals surface area (Å²) in [6.45, 7) is 0. The van der Waals surface area contributed by atoms with Gasteiger partial charge in [0, 0.05) is 7.11 Å². The van der Waals surface area contributed by atoms with E-state index in [9.17, 15) is 0 Å². The van der Waals surface area contributed by atoms with E-state index in [2.05, 4.69) is 36.4 Å². The molecule has 0 saturated heterocycles. The van der Waals surface area contributed by atoms with Crippen LogP contribution in [0.2, 0.25) is 0 Å². The van der Waals surface area contributed by atoms with Crippen molar-refractivity contribution in [1.29, 1.82) is 0 Å². The van der Waals surface area contributed by atoms with Crippen molar-refractivity contribution in [3.05, 3.63) is 47.5 Å². The van der Waals surface area contributed by atoms with Crippen LogP contribution in [0.1, 0.15) is 11.1 Å². The minimum atomic E-state index is 1.00. The van der Waals surface area contributed by atoms with E-state index in [1.165, 1.54) is 34.7 Å². The number of aryl methyl sites for hydroxylation is 2. The van der Waals surface area contributed by atoms with Gasteiger partial charge in [-0.1, -0.05) is 36.4 Å². The molecule has 0 spiro atoms. The van der Waals surface area contributed by atoms with Crippen molar-refractivity contribution >= 4 is 10.8 Å². The second kappa shape index (κ2) is 3.81. The Balaban J connectivity index is 0.000000354. The maximum atomic E-state index is 7.00. The molecule has 1 aliphatic rings. The van der Waals surface area contributed by atoms with Crippen molar-refractivity contribution in [2.75, 3.05) is 7.11 Å². The lowest BCUT2D eigenvalue weighted by atomic mass is 10.1. The van der Waals surface area contributed by atoms with Crippen LogP contribution in [0.15, 0.2) is 36.4 Å². The molecule has 0 aromatic heterocycles. The smallest absolute Gasteiger partial charge is 0.0319 e. The zero-order chi connectivity index (χ0) is 9.97. The lowest BCUT2D eigenvalue weighted by Gasteiger charge is -1.99. The van der Waals surface area contributed by atoms with E-state index in [-0.39, 0.29) is 0 Å². The molecule has 1 N–H and O–H groups in total. The molecule has 0 radical (unpaired) electrons. The molecule has 1 heteroatoms. The summed E-state index contributed by atoms with van der Waals surface area (Å²) in [5.74, 6) is 0. The summed E-state index contributed by atoms with van der Waals surface area (Å²) in [5.41, 5.74) is 3.06. The Morgan fingerprint density at radius 2 is 1.36 bits per heavy atom. The van der Waals surface area contributed by atoms with Gasteiger partial charge in [0.1, 0.15) is 0 Å². The number of benzene rings is 2. The highest BCUT2D eigenvalue weighted by Gasteiger charge is 2.11. The van der Waals surface area contributed by atoms with E-state index in [0.29, 0.717) is 0 Å². The highest BCUT2D eigenvalue weighted by molar-refractivity contribution is 5.90. The van der Waals surface area contributed by atoms with Gasteiger partial charge in [-0.3, -0.25) is 0 Å². The Hall–Kier alpha value is -1.34. The van der Waals surface area contributed by atoms with Crippen molar-refractivity contribution in [2.24, 2.45) is 0 Å². The van der Waals surface area contributed by atoms with Gasteiger partial charge in [-0.05, 0) is 34.7 Å². The quantitative estimate of drug-likeness (QED) is 0.670. The molecule has 0 heterocycles. The molecule has 1 aliphatic carbocycles. The highest BCUT2D eigenvalue weighted by Crippen LogP contribution is 2.29. The SMILES string of the molecule is CO.c1cc2c3c(cccc3c1)CC2. The van der Waals surface area contributed by atoms with Crippen LogP contribution in [-0.2, 0) is 12.8 Å². The van der Waals surface area contributed by atoms with Gasteiger partial charge in [-0.15, -0.1) is 0 Å². The summed E-state index contributed by atoms with van der Waals surface area (Å²) in [6.07, 6.45) is 2.47. The normalized spacial score (nSPS) is 12.4. The third-order valence-corrected chi connectivity index (χ3v) is 2.74. The number of aliphatic hydroxyl groups is 1. The third kappa shape index (κ3) is 1.30. The number of aliphatic hydroxyl groups excluding tert-OH is 1. The number of rotatable bonds is 0. The third-order valence-electron chi connectivity index (χ3n) is 2.74. The summed E-state index contributed by atoms with van der Waals surface area (Å²) >= 11 is 0. The minimum absolute atomic E-state index is 1.00. The minimum Gasteiger partial charge on any atom is -0.400 e. The Labute approximate surface area is 84.0 Å². The van der Waals surface area contributed by atoms with Crippen molar-refractivity contribution in [1.82, 2.24) is 0 Å². The monoisotopic (exact) mass is 186 g/mol. The second-order valence-electron chi connectivity index (χ2n) is 3.43. The lowest BCUT2D eigenvalue weighted by Crippen LogP contribution is -1.76. The molecule has 1 nitrogen and oxygen atoms in total. The summed E-state index contributed by atoms with van der Waals surface area (Å²) in [7, 11) is 1.00. The van der Waals surface area contributed by atoms with Gasteiger partial charge >= 0.3 is 0 Å². The molecule has 0 bridgehead atoms. The van der Waals surface area contributed by atoms with E-state index < -0.39 is 0 Å². The van der Waals surface area contributed by atoms with Crippen LogP contribution in [0.5, 0.6) is 0 Å². The zero-order valence-electron chi connectivity index (χ0n) is 8.33. The molecule has 0 fully saturated rings. The molecule has 14 heavy (non-hydrogen) atoms. The van der Waals surface area contributed by atoms with Gasteiger partial charge in [-0.25, -0.2) is 0 Å². The summed E-state index contributed by atoms with van der Waals surface area (Å²) in [5, 5.41) is 9.92. The first kappa shape index (κ1) is 9.22. The van der Waals surface area contributed by atoms with Crippen LogP contribution < -0.4 is 0 Å². The molecule has 0 unspecified atom stereocenters. The van der Waals surface area contributed by atoms with Gasteiger partial charge in [0.15, 0.2) is 0 Å². The Morgan fingerprint density at radius 3 is 1.86 bits per heavy atom. The van der Waals surface area contributed by atoms with Crippen LogP contribution in [-0.4, -0.2) is 12.2 Å². The molecular weight excluding hydrogens is 172 g/mol. The van der Waals surface area contributed by atoms with Gasteiger partial charge in [0.2, 0.25) is 0 Å². The fourth-order valence-electron chi connectivity index (χ4n) is 2.19. The predicted molar refractivity (Wildman–Crippen MR) is 59.5 cm³/mol. The van der Waals surface area contributed by atoms with Crippen LogP contribution >= 0.6 is 0 Å². The topological polar surface area (TPSA) is 20.2 Å². The number of hydrogen-bond donors (Lipinski definition) is 1. The largest absolute Gasteiger partial charge is 0.400 e. The molecule has 0 atom stereocenters. The molecule has 2 aromatic rings.